The minimum absolute atomic E-state index is 0.0353. The predicted molar refractivity (Wildman–Crippen MR) is 127 cm³/mol. The second-order valence-electron chi connectivity index (χ2n) is 10.4. The molecule has 2 aliphatic heterocycles. The summed E-state index contributed by atoms with van der Waals surface area (Å²) in [7, 11) is 0. The van der Waals surface area contributed by atoms with Crippen molar-refractivity contribution in [2.45, 2.75) is 76.7 Å². The van der Waals surface area contributed by atoms with E-state index >= 15 is 0 Å². The fraction of sp³-hybridized carbons (Fsp3) is 0.731. The monoisotopic (exact) mass is 443 g/mol. The summed E-state index contributed by atoms with van der Waals surface area (Å²) in [4.78, 5) is 17.1. The van der Waals surface area contributed by atoms with Gasteiger partial charge in [-0.15, -0.1) is 0 Å². The Labute approximate surface area is 193 Å². The SMILES string of the molecule is CC1(C)CN(C(=O)OCc2ccccc2)CCN1CC1CCC(OC2CCNCC2)CC1. The molecule has 0 unspecified atom stereocenters. The van der Waals surface area contributed by atoms with Crippen LogP contribution in [0.1, 0.15) is 57.9 Å². The van der Waals surface area contributed by atoms with E-state index in [1.807, 2.05) is 35.2 Å². The van der Waals surface area contributed by atoms with Crippen molar-refractivity contribution in [3.63, 3.8) is 0 Å². The van der Waals surface area contributed by atoms with Crippen LogP contribution in [0.5, 0.6) is 0 Å². The molecule has 32 heavy (non-hydrogen) atoms. The molecule has 2 saturated heterocycles. The van der Waals surface area contributed by atoms with Gasteiger partial charge in [0.05, 0.1) is 12.2 Å². The number of hydrogen-bond donors (Lipinski definition) is 1. The van der Waals surface area contributed by atoms with E-state index in [2.05, 4.69) is 24.1 Å². The van der Waals surface area contributed by atoms with Gasteiger partial charge in [-0.1, -0.05) is 30.3 Å². The highest BCUT2D eigenvalue weighted by atomic mass is 16.6. The minimum Gasteiger partial charge on any atom is -0.445 e. The van der Waals surface area contributed by atoms with Gasteiger partial charge in [-0.2, -0.15) is 0 Å². The molecule has 0 spiro atoms. The van der Waals surface area contributed by atoms with Gasteiger partial charge >= 0.3 is 6.09 Å². The Morgan fingerprint density at radius 1 is 1.00 bits per heavy atom. The summed E-state index contributed by atoms with van der Waals surface area (Å²) in [5, 5.41) is 3.42. The number of hydrogen-bond acceptors (Lipinski definition) is 5. The molecule has 1 amide bonds. The lowest BCUT2D eigenvalue weighted by Gasteiger charge is -2.48. The zero-order valence-corrected chi connectivity index (χ0v) is 19.9. The third-order valence-corrected chi connectivity index (χ3v) is 7.48. The molecule has 4 rings (SSSR count). The van der Waals surface area contributed by atoms with E-state index in [1.165, 1.54) is 25.7 Å². The summed E-state index contributed by atoms with van der Waals surface area (Å²) in [5.41, 5.74) is 0.991. The molecule has 1 aromatic carbocycles. The second kappa shape index (κ2) is 11.0. The van der Waals surface area contributed by atoms with E-state index in [4.69, 9.17) is 9.47 Å². The van der Waals surface area contributed by atoms with E-state index in [-0.39, 0.29) is 11.6 Å². The van der Waals surface area contributed by atoms with E-state index in [0.717, 1.165) is 63.6 Å². The molecular weight excluding hydrogens is 402 g/mol. The van der Waals surface area contributed by atoms with E-state index in [9.17, 15) is 4.79 Å². The molecule has 6 nitrogen and oxygen atoms in total. The van der Waals surface area contributed by atoms with Crippen molar-refractivity contribution >= 4 is 6.09 Å². The summed E-state index contributed by atoms with van der Waals surface area (Å²) in [5.74, 6) is 0.735. The van der Waals surface area contributed by atoms with Crippen molar-refractivity contribution in [1.29, 1.82) is 0 Å². The van der Waals surface area contributed by atoms with Crippen molar-refractivity contribution in [1.82, 2.24) is 15.1 Å². The lowest BCUT2D eigenvalue weighted by molar-refractivity contribution is -0.0545. The van der Waals surface area contributed by atoms with Gasteiger partial charge in [0.2, 0.25) is 0 Å². The topological polar surface area (TPSA) is 54.0 Å². The molecule has 178 valence electrons. The summed E-state index contributed by atoms with van der Waals surface area (Å²) in [6.45, 7) is 10.6. The lowest BCUT2D eigenvalue weighted by Crippen LogP contribution is -2.61. The molecule has 0 atom stereocenters. The first-order valence-corrected chi connectivity index (χ1v) is 12.6. The van der Waals surface area contributed by atoms with Gasteiger partial charge in [-0.25, -0.2) is 4.79 Å². The number of piperazine rings is 1. The van der Waals surface area contributed by atoms with Gasteiger partial charge in [-0.05, 0) is 76.9 Å². The lowest BCUT2D eigenvalue weighted by atomic mass is 9.85. The fourth-order valence-electron chi connectivity index (χ4n) is 5.46. The number of nitrogens with one attached hydrogen (secondary N) is 1. The van der Waals surface area contributed by atoms with Crippen molar-refractivity contribution < 1.29 is 14.3 Å². The Bertz CT molecular complexity index is 712. The molecule has 0 bridgehead atoms. The van der Waals surface area contributed by atoms with Gasteiger partial charge in [0.15, 0.2) is 0 Å². The van der Waals surface area contributed by atoms with Crippen molar-refractivity contribution in [3.8, 4) is 0 Å². The molecule has 2 heterocycles. The van der Waals surface area contributed by atoms with Crippen LogP contribution in [-0.2, 0) is 16.1 Å². The standard InChI is InChI=1S/C26H41N3O3/c1-26(2)20-28(25(30)31-19-22-6-4-3-5-7-22)16-17-29(26)18-21-8-10-23(11-9-21)32-24-12-14-27-15-13-24/h3-7,21,23-24,27H,8-20H2,1-2H3. The second-order valence-corrected chi connectivity index (χ2v) is 10.4. The van der Waals surface area contributed by atoms with Gasteiger partial charge in [0.25, 0.3) is 0 Å². The number of amides is 1. The normalized spacial score (nSPS) is 27.2. The Balaban J connectivity index is 1.19. The molecule has 3 aliphatic rings. The van der Waals surface area contributed by atoms with Crippen LogP contribution in [0, 0.1) is 5.92 Å². The molecule has 1 aliphatic carbocycles. The Morgan fingerprint density at radius 3 is 2.38 bits per heavy atom. The highest BCUT2D eigenvalue weighted by Gasteiger charge is 2.37. The van der Waals surface area contributed by atoms with Crippen molar-refractivity contribution in [3.05, 3.63) is 35.9 Å². The van der Waals surface area contributed by atoms with E-state index in [0.29, 0.717) is 18.8 Å². The first-order valence-electron chi connectivity index (χ1n) is 12.6. The average Bonchev–Trinajstić information content (AvgIpc) is 2.81. The Morgan fingerprint density at radius 2 is 1.69 bits per heavy atom. The first kappa shape index (κ1) is 23.5. The zero-order valence-electron chi connectivity index (χ0n) is 19.9. The molecular formula is C26H41N3O3. The van der Waals surface area contributed by atoms with Crippen LogP contribution < -0.4 is 5.32 Å². The molecule has 1 N–H and O–H groups in total. The maximum absolute atomic E-state index is 12.6. The predicted octanol–water partition coefficient (Wildman–Crippen LogP) is 4.05. The Hall–Kier alpha value is -1.63. The number of rotatable bonds is 6. The fourth-order valence-corrected chi connectivity index (χ4v) is 5.46. The van der Waals surface area contributed by atoms with Crippen LogP contribution in [0.3, 0.4) is 0 Å². The van der Waals surface area contributed by atoms with Crippen LogP contribution >= 0.6 is 0 Å². The summed E-state index contributed by atoms with van der Waals surface area (Å²) >= 11 is 0. The number of nitrogens with zero attached hydrogens (tertiary/aromatic N) is 2. The maximum atomic E-state index is 12.6. The highest BCUT2D eigenvalue weighted by Crippen LogP contribution is 2.31. The van der Waals surface area contributed by atoms with Crippen LogP contribution in [0.2, 0.25) is 0 Å². The number of carbonyl (C=O) groups is 1. The molecule has 3 fully saturated rings. The molecule has 0 aromatic heterocycles. The number of ether oxygens (including phenoxy) is 2. The van der Waals surface area contributed by atoms with Crippen LogP contribution in [-0.4, -0.2) is 72.9 Å². The number of carbonyl (C=O) groups excluding carboxylic acids is 1. The maximum Gasteiger partial charge on any atom is 0.410 e. The first-order chi connectivity index (χ1) is 15.5. The van der Waals surface area contributed by atoms with Gasteiger partial charge in [0, 0.05) is 31.7 Å². The molecule has 1 aromatic rings. The average molecular weight is 444 g/mol. The summed E-state index contributed by atoms with van der Waals surface area (Å²) < 4.78 is 12.0. The molecule has 6 heteroatoms. The smallest absolute Gasteiger partial charge is 0.410 e. The largest absolute Gasteiger partial charge is 0.445 e. The zero-order chi connectivity index (χ0) is 22.4. The van der Waals surface area contributed by atoms with E-state index < -0.39 is 0 Å². The van der Waals surface area contributed by atoms with Crippen LogP contribution in [0.15, 0.2) is 30.3 Å². The summed E-state index contributed by atoms with van der Waals surface area (Å²) in [6, 6.07) is 9.89. The quantitative estimate of drug-likeness (QED) is 0.719. The van der Waals surface area contributed by atoms with Crippen LogP contribution in [0.25, 0.3) is 0 Å². The minimum atomic E-state index is -0.197. The summed E-state index contributed by atoms with van der Waals surface area (Å²) in [6.07, 6.45) is 7.94. The number of benzene rings is 1. The van der Waals surface area contributed by atoms with Crippen molar-refractivity contribution in [2.75, 3.05) is 39.3 Å². The van der Waals surface area contributed by atoms with Gasteiger partial charge in [-0.3, -0.25) is 4.90 Å². The molecule has 0 radical (unpaired) electrons. The van der Waals surface area contributed by atoms with Gasteiger partial charge in [0.1, 0.15) is 6.61 Å². The Kier molecular flexibility index (Phi) is 8.08. The van der Waals surface area contributed by atoms with Gasteiger partial charge < -0.3 is 19.7 Å². The molecule has 1 saturated carbocycles. The van der Waals surface area contributed by atoms with Crippen LogP contribution in [0.4, 0.5) is 4.79 Å². The highest BCUT2D eigenvalue weighted by molar-refractivity contribution is 5.68. The van der Waals surface area contributed by atoms with E-state index in [1.54, 1.807) is 0 Å². The third kappa shape index (κ3) is 6.46. The number of piperidine rings is 1. The third-order valence-electron chi connectivity index (χ3n) is 7.48. The van der Waals surface area contributed by atoms with Crippen molar-refractivity contribution in [2.24, 2.45) is 5.92 Å².